The molecular weight excluding hydrogens is 457 g/mol. The lowest BCUT2D eigenvalue weighted by Crippen LogP contribution is -2.31. The highest BCUT2D eigenvalue weighted by molar-refractivity contribution is 8.45. The zero-order chi connectivity index (χ0) is 23.2. The largest absolute Gasteiger partial charge is 0.344 e. The Kier molecular flexibility index (Phi) is 4.66. The summed E-state index contributed by atoms with van der Waals surface area (Å²) >= 11 is 0. The number of H-pyrrole nitrogens is 1. The highest BCUT2D eigenvalue weighted by Gasteiger charge is 2.65. The molecule has 0 saturated heterocycles. The molecule has 13 heteroatoms. The molecule has 2 heterocycles. The van der Waals surface area contributed by atoms with E-state index in [2.05, 4.69) is 25.3 Å². The van der Waals surface area contributed by atoms with Crippen LogP contribution in [-0.4, -0.2) is 25.8 Å². The van der Waals surface area contributed by atoms with Crippen molar-refractivity contribution in [1.29, 1.82) is 0 Å². The summed E-state index contributed by atoms with van der Waals surface area (Å²) in [5.74, 6) is -0.776. The van der Waals surface area contributed by atoms with E-state index in [-0.39, 0.29) is 28.8 Å². The Labute approximate surface area is 177 Å². The number of amides is 1. The van der Waals surface area contributed by atoms with Crippen LogP contribution >= 0.6 is 10.2 Å². The molecule has 1 aliphatic carbocycles. The molecule has 4 rings (SSSR count). The van der Waals surface area contributed by atoms with Gasteiger partial charge in [-0.2, -0.15) is 0 Å². The average Bonchev–Trinajstić information content (AvgIpc) is 3.56. The van der Waals surface area contributed by atoms with E-state index in [0.29, 0.717) is 25.0 Å². The van der Waals surface area contributed by atoms with E-state index in [1.807, 2.05) is 0 Å². The number of benzene rings is 1. The Bertz CT molecular complexity index is 1230. The summed E-state index contributed by atoms with van der Waals surface area (Å²) in [5, 5.41) is 2.64. The minimum atomic E-state index is -9.79. The molecule has 3 aromatic rings. The van der Waals surface area contributed by atoms with E-state index >= 15 is 0 Å². The summed E-state index contributed by atoms with van der Waals surface area (Å²) in [5.41, 5.74) is -0.635. The Morgan fingerprint density at radius 3 is 2.25 bits per heavy atom. The van der Waals surface area contributed by atoms with Crippen LogP contribution in [0.1, 0.15) is 34.9 Å². The number of aromatic amines is 1. The van der Waals surface area contributed by atoms with Gasteiger partial charge in [0, 0.05) is 18.5 Å². The number of nitrogens with zero attached hydrogens (tertiary/aromatic N) is 3. The number of rotatable bonds is 6. The zero-order valence-corrected chi connectivity index (χ0v) is 17.0. The third-order valence-electron chi connectivity index (χ3n) is 4.82. The van der Waals surface area contributed by atoms with E-state index in [4.69, 9.17) is 0 Å². The molecule has 1 saturated carbocycles. The Morgan fingerprint density at radius 1 is 1.06 bits per heavy atom. The molecule has 1 atom stereocenters. The second-order valence-corrected chi connectivity index (χ2v) is 9.79. The van der Waals surface area contributed by atoms with E-state index in [1.165, 1.54) is 12.4 Å². The second-order valence-electron chi connectivity index (χ2n) is 7.38. The lowest BCUT2D eigenvalue weighted by molar-refractivity contribution is 0.0926. The summed E-state index contributed by atoms with van der Waals surface area (Å²) in [6, 6.07) is 4.26. The van der Waals surface area contributed by atoms with Crippen LogP contribution in [0.15, 0.2) is 58.5 Å². The lowest BCUT2D eigenvalue weighted by Gasteiger charge is -2.40. The highest BCUT2D eigenvalue weighted by Crippen LogP contribution is 3.02. The number of carbonyl (C=O) groups excluding carboxylic acids is 1. The summed E-state index contributed by atoms with van der Waals surface area (Å²) in [6.45, 7) is 0. The van der Waals surface area contributed by atoms with Gasteiger partial charge in [-0.25, -0.2) is 15.0 Å². The van der Waals surface area contributed by atoms with Gasteiger partial charge in [0.2, 0.25) is 0 Å². The first-order valence-electron chi connectivity index (χ1n) is 9.34. The van der Waals surface area contributed by atoms with Crippen LogP contribution in [0.3, 0.4) is 0 Å². The van der Waals surface area contributed by atoms with E-state index in [0.717, 1.165) is 18.2 Å². The SMILES string of the molecule is O=C(N[C@@H](c1ccc(S(F)(F)(F)(F)F)cc1)C1CC1)c1cc(=O)[nH]c(-c2ncccn2)n1. The van der Waals surface area contributed by atoms with Gasteiger partial charge in [0.05, 0.1) is 6.04 Å². The Morgan fingerprint density at radius 2 is 1.69 bits per heavy atom. The lowest BCUT2D eigenvalue weighted by atomic mass is 10.0. The monoisotopic (exact) mass is 473 g/mol. The smallest absolute Gasteiger partial charge is 0.310 e. The first kappa shape index (κ1) is 21.9. The molecule has 170 valence electrons. The van der Waals surface area contributed by atoms with Gasteiger partial charge < -0.3 is 10.3 Å². The van der Waals surface area contributed by atoms with Crippen molar-refractivity contribution in [2.24, 2.45) is 5.92 Å². The van der Waals surface area contributed by atoms with Crippen LogP contribution in [-0.2, 0) is 0 Å². The molecular formula is C19H16F5N5O2S. The maximum Gasteiger partial charge on any atom is 0.310 e. The van der Waals surface area contributed by atoms with E-state index in [1.54, 1.807) is 6.07 Å². The van der Waals surface area contributed by atoms with Gasteiger partial charge in [-0.3, -0.25) is 9.59 Å². The van der Waals surface area contributed by atoms with Crippen LogP contribution in [0.2, 0.25) is 0 Å². The Hall–Kier alpha value is -3.35. The van der Waals surface area contributed by atoms with Gasteiger partial charge in [0.15, 0.2) is 11.6 Å². The predicted octanol–water partition coefficient (Wildman–Crippen LogP) is 4.77. The van der Waals surface area contributed by atoms with Crippen LogP contribution in [0.4, 0.5) is 19.4 Å². The Balaban J connectivity index is 1.61. The molecule has 7 nitrogen and oxygen atoms in total. The third-order valence-corrected chi connectivity index (χ3v) is 5.98. The first-order valence-corrected chi connectivity index (χ1v) is 11.3. The number of halogens is 5. The van der Waals surface area contributed by atoms with Crippen molar-refractivity contribution in [1.82, 2.24) is 25.3 Å². The van der Waals surface area contributed by atoms with Crippen LogP contribution in [0, 0.1) is 5.92 Å². The molecule has 0 spiro atoms. The molecule has 0 bridgehead atoms. The standard InChI is InChI=1S/C19H16F5N5O2S/c20-32(21,22,23,24)13-6-4-12(5-7-13)16(11-2-3-11)29-19(31)14-10-15(30)28-18(27-14)17-25-8-1-9-26-17/h1,4-11,16H,2-3H2,(H,29,31)(H,27,28,30)/t16-/m1/s1. The van der Waals surface area contributed by atoms with E-state index < -0.39 is 32.6 Å². The topological polar surface area (TPSA) is 101 Å². The maximum absolute atomic E-state index is 13.0. The van der Waals surface area contributed by atoms with Gasteiger partial charge in [0.25, 0.3) is 11.5 Å². The summed E-state index contributed by atoms with van der Waals surface area (Å²) in [6.07, 6.45) is 4.24. The normalized spacial score (nSPS) is 17.2. The molecule has 32 heavy (non-hydrogen) atoms. The molecule has 0 unspecified atom stereocenters. The van der Waals surface area contributed by atoms with Crippen molar-refractivity contribution in [3.05, 3.63) is 70.4 Å². The van der Waals surface area contributed by atoms with Crippen molar-refractivity contribution in [3.63, 3.8) is 0 Å². The van der Waals surface area contributed by atoms with Crippen LogP contribution in [0.25, 0.3) is 11.6 Å². The van der Waals surface area contributed by atoms with Crippen molar-refractivity contribution in [2.45, 2.75) is 23.8 Å². The maximum atomic E-state index is 13.0. The second kappa shape index (κ2) is 6.82. The molecule has 0 radical (unpaired) electrons. The minimum Gasteiger partial charge on any atom is -0.344 e. The molecule has 1 fully saturated rings. The zero-order valence-electron chi connectivity index (χ0n) is 16.1. The quantitative estimate of drug-likeness (QED) is 0.503. The van der Waals surface area contributed by atoms with Crippen molar-refractivity contribution < 1.29 is 24.2 Å². The van der Waals surface area contributed by atoms with Gasteiger partial charge in [-0.15, -0.1) is 0 Å². The van der Waals surface area contributed by atoms with Crippen molar-refractivity contribution in [2.75, 3.05) is 0 Å². The van der Waals surface area contributed by atoms with E-state index in [9.17, 15) is 29.0 Å². The predicted molar refractivity (Wildman–Crippen MR) is 107 cm³/mol. The molecule has 0 aliphatic heterocycles. The fraction of sp³-hybridized carbons (Fsp3) is 0.211. The molecule has 1 amide bonds. The number of hydrogen-bond donors (Lipinski definition) is 2. The summed E-state index contributed by atoms with van der Waals surface area (Å²) < 4.78 is 64.9. The summed E-state index contributed by atoms with van der Waals surface area (Å²) in [4.78, 5) is 37.1. The number of nitrogens with one attached hydrogen (secondary N) is 2. The molecule has 1 aromatic carbocycles. The molecule has 2 aromatic heterocycles. The fourth-order valence-corrected chi connectivity index (χ4v) is 3.80. The van der Waals surface area contributed by atoms with Crippen molar-refractivity contribution in [3.8, 4) is 11.6 Å². The minimum absolute atomic E-state index is 0.0357. The van der Waals surface area contributed by atoms with Crippen LogP contribution < -0.4 is 10.9 Å². The highest BCUT2D eigenvalue weighted by atomic mass is 32.5. The fourth-order valence-electron chi connectivity index (χ4n) is 3.15. The average molecular weight is 473 g/mol. The molecule has 2 N–H and O–H groups in total. The third kappa shape index (κ3) is 4.93. The number of hydrogen-bond acceptors (Lipinski definition) is 5. The molecule has 1 aliphatic rings. The van der Waals surface area contributed by atoms with Gasteiger partial charge >= 0.3 is 10.2 Å². The van der Waals surface area contributed by atoms with Gasteiger partial charge in [-0.1, -0.05) is 31.6 Å². The van der Waals surface area contributed by atoms with Gasteiger partial charge in [0.1, 0.15) is 10.6 Å². The van der Waals surface area contributed by atoms with Gasteiger partial charge in [-0.05, 0) is 42.5 Å². The van der Waals surface area contributed by atoms with Crippen LogP contribution in [0.5, 0.6) is 0 Å². The first-order chi connectivity index (χ1) is 14.8. The van der Waals surface area contributed by atoms with Crippen molar-refractivity contribution >= 4 is 16.1 Å². The number of carbonyl (C=O) groups is 1. The summed E-state index contributed by atoms with van der Waals surface area (Å²) in [7, 11) is -9.79. The number of aromatic nitrogens is 4.